The molecule has 3 aliphatic rings. The van der Waals surface area contributed by atoms with Crippen molar-refractivity contribution >= 4 is 22.7 Å². The van der Waals surface area contributed by atoms with Crippen LogP contribution in [-0.4, -0.2) is 39.1 Å². The van der Waals surface area contributed by atoms with Gasteiger partial charge in [-0.2, -0.15) is 0 Å². The number of hydrogen-bond acceptors (Lipinski definition) is 4. The van der Waals surface area contributed by atoms with Gasteiger partial charge in [0.2, 0.25) is 0 Å². The van der Waals surface area contributed by atoms with E-state index in [2.05, 4.69) is 35.0 Å². The standard InChI is InChI=1S/C27H29N3O3/c1-27-15-19-14-24(31)18(12-17-6-3-2-4-7-17)13-20(19)16-29(27)11-10-22-21-8-5-9-23(30(32)33)25(21)28-26(22)27/h2-9,12,19-20,24,28,31H,10-11,13-16H2,1H3/b18-12+/t19-,20-,24-,27-/m1/s1. The molecule has 1 saturated heterocycles. The van der Waals surface area contributed by atoms with Crippen LogP contribution < -0.4 is 0 Å². The largest absolute Gasteiger partial charge is 0.389 e. The van der Waals surface area contributed by atoms with E-state index in [9.17, 15) is 15.2 Å². The van der Waals surface area contributed by atoms with Gasteiger partial charge in [-0.1, -0.05) is 48.5 Å². The van der Waals surface area contributed by atoms with Gasteiger partial charge in [0.05, 0.1) is 16.6 Å². The highest BCUT2D eigenvalue weighted by molar-refractivity contribution is 5.92. The maximum Gasteiger partial charge on any atom is 0.293 e. The van der Waals surface area contributed by atoms with Crippen LogP contribution >= 0.6 is 0 Å². The molecule has 3 heterocycles. The van der Waals surface area contributed by atoms with Crippen LogP contribution in [0.5, 0.6) is 0 Å². The number of non-ortho nitro benzene ring substituents is 1. The molecule has 1 aliphatic carbocycles. The molecule has 1 aromatic heterocycles. The summed E-state index contributed by atoms with van der Waals surface area (Å²) in [6.07, 6.45) is 5.33. The monoisotopic (exact) mass is 443 g/mol. The first-order valence-corrected chi connectivity index (χ1v) is 11.9. The molecule has 0 spiro atoms. The van der Waals surface area contributed by atoms with Crippen molar-refractivity contribution < 1.29 is 10.0 Å². The number of nitro groups is 1. The quantitative estimate of drug-likeness (QED) is 0.430. The number of nitrogens with one attached hydrogen (secondary N) is 1. The Labute approximate surface area is 193 Å². The Hall–Kier alpha value is -2.96. The third kappa shape index (κ3) is 3.23. The number of nitrogens with zero attached hydrogens (tertiary/aromatic N) is 2. The molecular weight excluding hydrogens is 414 g/mol. The molecule has 2 fully saturated rings. The lowest BCUT2D eigenvalue weighted by molar-refractivity contribution is -0.383. The van der Waals surface area contributed by atoms with Crippen molar-refractivity contribution in [2.45, 2.75) is 44.2 Å². The number of H-pyrrole nitrogens is 1. The fourth-order valence-corrected chi connectivity index (χ4v) is 6.72. The molecule has 2 aliphatic heterocycles. The van der Waals surface area contributed by atoms with E-state index < -0.39 is 6.10 Å². The second-order valence-corrected chi connectivity index (χ2v) is 10.2. The Balaban J connectivity index is 1.34. The van der Waals surface area contributed by atoms with Crippen LogP contribution in [0.25, 0.3) is 17.0 Å². The summed E-state index contributed by atoms with van der Waals surface area (Å²) in [6.45, 7) is 4.24. The molecule has 0 amide bonds. The normalized spacial score (nSPS) is 30.6. The Morgan fingerprint density at radius 1 is 1.18 bits per heavy atom. The number of aliphatic hydroxyl groups is 1. The van der Waals surface area contributed by atoms with Crippen LogP contribution in [0.4, 0.5) is 5.69 Å². The van der Waals surface area contributed by atoms with E-state index in [4.69, 9.17) is 0 Å². The fourth-order valence-electron chi connectivity index (χ4n) is 6.72. The SMILES string of the molecule is C[C@]12C[C@H]3C[C@@H](O)/C(=C/c4ccccc4)C[C@@H]3CN1CCc1c2[nH]c2c([N+](=O)[O-])cccc12. The number of aliphatic hydroxyl groups excluding tert-OH is 1. The summed E-state index contributed by atoms with van der Waals surface area (Å²) < 4.78 is 0. The molecule has 1 saturated carbocycles. The summed E-state index contributed by atoms with van der Waals surface area (Å²) >= 11 is 0. The highest BCUT2D eigenvalue weighted by atomic mass is 16.6. The van der Waals surface area contributed by atoms with E-state index in [1.54, 1.807) is 12.1 Å². The minimum absolute atomic E-state index is 0.148. The van der Waals surface area contributed by atoms with Crippen molar-refractivity contribution in [3.63, 3.8) is 0 Å². The molecule has 2 N–H and O–H groups in total. The van der Waals surface area contributed by atoms with Gasteiger partial charge in [-0.15, -0.1) is 0 Å². The zero-order valence-electron chi connectivity index (χ0n) is 18.8. The molecule has 6 rings (SSSR count). The third-order valence-electron chi connectivity index (χ3n) is 8.37. The second-order valence-electron chi connectivity index (χ2n) is 10.2. The maximum atomic E-state index is 11.6. The van der Waals surface area contributed by atoms with Gasteiger partial charge in [0.15, 0.2) is 0 Å². The van der Waals surface area contributed by atoms with Crippen molar-refractivity contribution in [1.29, 1.82) is 0 Å². The van der Waals surface area contributed by atoms with E-state index in [-0.39, 0.29) is 16.1 Å². The molecule has 170 valence electrons. The predicted octanol–water partition coefficient (Wildman–Crippen LogP) is 5.02. The lowest BCUT2D eigenvalue weighted by Crippen LogP contribution is -2.57. The molecule has 3 aromatic rings. The molecule has 0 radical (unpaired) electrons. The Kier molecular flexibility index (Phi) is 4.71. The maximum absolute atomic E-state index is 11.6. The first-order valence-electron chi connectivity index (χ1n) is 11.9. The fraction of sp³-hybridized carbons (Fsp3) is 0.407. The van der Waals surface area contributed by atoms with E-state index in [0.717, 1.165) is 61.0 Å². The van der Waals surface area contributed by atoms with Crippen LogP contribution in [-0.2, 0) is 12.0 Å². The summed E-state index contributed by atoms with van der Waals surface area (Å²) in [5.41, 5.74) is 5.26. The van der Waals surface area contributed by atoms with Crippen LogP contribution in [0.3, 0.4) is 0 Å². The molecule has 0 bridgehead atoms. The van der Waals surface area contributed by atoms with Gasteiger partial charge in [0.25, 0.3) is 5.69 Å². The van der Waals surface area contributed by atoms with Gasteiger partial charge >= 0.3 is 0 Å². The number of piperidine rings is 1. The highest BCUT2D eigenvalue weighted by Gasteiger charge is 2.50. The molecule has 2 aromatic carbocycles. The zero-order chi connectivity index (χ0) is 22.7. The first-order chi connectivity index (χ1) is 15.9. The topological polar surface area (TPSA) is 82.4 Å². The molecule has 0 unspecified atom stereocenters. The summed E-state index contributed by atoms with van der Waals surface area (Å²) in [7, 11) is 0. The van der Waals surface area contributed by atoms with E-state index >= 15 is 0 Å². The van der Waals surface area contributed by atoms with Crippen LogP contribution in [0, 0.1) is 22.0 Å². The van der Waals surface area contributed by atoms with Gasteiger partial charge in [0, 0.05) is 30.2 Å². The zero-order valence-corrected chi connectivity index (χ0v) is 18.8. The number of aromatic amines is 1. The first kappa shape index (κ1) is 20.6. The van der Waals surface area contributed by atoms with Crippen molar-refractivity contribution in [1.82, 2.24) is 9.88 Å². The van der Waals surface area contributed by atoms with E-state index in [0.29, 0.717) is 17.4 Å². The Morgan fingerprint density at radius 2 is 2.00 bits per heavy atom. The van der Waals surface area contributed by atoms with Crippen LogP contribution in [0.15, 0.2) is 54.1 Å². The summed E-state index contributed by atoms with van der Waals surface area (Å²) in [4.78, 5) is 17.4. The lowest BCUT2D eigenvalue weighted by atomic mass is 9.64. The number of benzene rings is 2. The summed E-state index contributed by atoms with van der Waals surface area (Å²) in [6, 6.07) is 15.6. The molecular formula is C27H29N3O3. The molecule has 4 atom stereocenters. The Bertz CT molecular complexity index is 1260. The van der Waals surface area contributed by atoms with E-state index in [1.165, 1.54) is 5.56 Å². The lowest BCUT2D eigenvalue weighted by Gasteiger charge is -2.55. The summed E-state index contributed by atoms with van der Waals surface area (Å²) in [5.74, 6) is 0.957. The van der Waals surface area contributed by atoms with Gasteiger partial charge in [0.1, 0.15) is 5.52 Å². The number of hydrogen-bond donors (Lipinski definition) is 2. The second kappa shape index (κ2) is 7.54. The van der Waals surface area contributed by atoms with Gasteiger partial charge in [-0.3, -0.25) is 15.0 Å². The van der Waals surface area contributed by atoms with Gasteiger partial charge < -0.3 is 10.1 Å². The number of fused-ring (bicyclic) bond motifs is 6. The van der Waals surface area contributed by atoms with Crippen molar-refractivity contribution in [3.8, 4) is 0 Å². The smallest absolute Gasteiger partial charge is 0.293 e. The van der Waals surface area contributed by atoms with Crippen molar-refractivity contribution in [2.24, 2.45) is 11.8 Å². The Morgan fingerprint density at radius 3 is 2.79 bits per heavy atom. The average molecular weight is 444 g/mol. The third-order valence-corrected chi connectivity index (χ3v) is 8.37. The van der Waals surface area contributed by atoms with Gasteiger partial charge in [-0.25, -0.2) is 0 Å². The van der Waals surface area contributed by atoms with Crippen molar-refractivity contribution in [2.75, 3.05) is 13.1 Å². The highest BCUT2D eigenvalue weighted by Crippen LogP contribution is 2.51. The minimum atomic E-state index is -0.409. The number of aromatic nitrogens is 1. The molecule has 6 nitrogen and oxygen atoms in total. The number of nitro benzene ring substituents is 1. The number of para-hydroxylation sites is 1. The summed E-state index contributed by atoms with van der Waals surface area (Å²) in [5, 5.41) is 23.6. The van der Waals surface area contributed by atoms with Crippen LogP contribution in [0.2, 0.25) is 0 Å². The van der Waals surface area contributed by atoms with Crippen molar-refractivity contribution in [3.05, 3.63) is 81.0 Å². The van der Waals surface area contributed by atoms with E-state index in [1.807, 2.05) is 24.3 Å². The average Bonchev–Trinajstić information content (AvgIpc) is 3.19. The molecule has 33 heavy (non-hydrogen) atoms. The van der Waals surface area contributed by atoms with Gasteiger partial charge in [-0.05, 0) is 61.1 Å². The molecule has 6 heteroatoms. The minimum Gasteiger partial charge on any atom is -0.389 e. The predicted molar refractivity (Wildman–Crippen MR) is 129 cm³/mol. The van der Waals surface area contributed by atoms with Crippen LogP contribution in [0.1, 0.15) is 43.0 Å². The number of rotatable bonds is 2.